The highest BCUT2D eigenvalue weighted by Crippen LogP contribution is 2.09. The van der Waals surface area contributed by atoms with E-state index in [0.717, 1.165) is 0 Å². The van der Waals surface area contributed by atoms with E-state index in [4.69, 9.17) is 10.5 Å². The van der Waals surface area contributed by atoms with Crippen molar-refractivity contribution in [1.82, 2.24) is 5.32 Å². The van der Waals surface area contributed by atoms with Gasteiger partial charge in [0.25, 0.3) is 0 Å². The molecule has 0 aliphatic heterocycles. The van der Waals surface area contributed by atoms with Crippen LogP contribution in [0.25, 0.3) is 0 Å². The van der Waals surface area contributed by atoms with Crippen molar-refractivity contribution in [2.45, 2.75) is 26.4 Å². The van der Waals surface area contributed by atoms with E-state index in [2.05, 4.69) is 5.32 Å². The van der Waals surface area contributed by atoms with Gasteiger partial charge in [-0.05, 0) is 20.8 Å². The molecule has 0 fully saturated rings. The first-order valence-corrected chi connectivity index (χ1v) is 4.73. The van der Waals surface area contributed by atoms with Gasteiger partial charge in [-0.1, -0.05) is 12.2 Å². The average molecular weight is 214 g/mol. The molecule has 0 radical (unpaired) electrons. The van der Waals surface area contributed by atoms with Crippen LogP contribution in [-0.2, 0) is 9.53 Å². The topological polar surface area (TPSA) is 81.4 Å². The Morgan fingerprint density at radius 3 is 2.47 bits per heavy atom. The SMILES string of the molecule is CC(=O)C(C)(C)OC(=O)NC/C=C/CN. The summed E-state index contributed by atoms with van der Waals surface area (Å²) in [5, 5.41) is 2.47. The quantitative estimate of drug-likeness (QED) is 0.656. The lowest BCUT2D eigenvalue weighted by Crippen LogP contribution is -2.39. The monoisotopic (exact) mass is 214 g/mol. The van der Waals surface area contributed by atoms with Crippen molar-refractivity contribution in [3.63, 3.8) is 0 Å². The molecule has 0 aliphatic rings. The van der Waals surface area contributed by atoms with Gasteiger partial charge in [-0.15, -0.1) is 0 Å². The Labute approximate surface area is 89.7 Å². The molecule has 0 unspecified atom stereocenters. The summed E-state index contributed by atoms with van der Waals surface area (Å²) in [5.41, 5.74) is 4.13. The third-order valence-electron chi connectivity index (χ3n) is 1.86. The number of rotatable bonds is 5. The fourth-order valence-electron chi connectivity index (χ4n) is 0.662. The Morgan fingerprint density at radius 1 is 1.40 bits per heavy atom. The van der Waals surface area contributed by atoms with Crippen molar-refractivity contribution in [3.05, 3.63) is 12.2 Å². The van der Waals surface area contributed by atoms with E-state index in [1.54, 1.807) is 26.0 Å². The first-order valence-electron chi connectivity index (χ1n) is 4.73. The predicted molar refractivity (Wildman–Crippen MR) is 57.4 cm³/mol. The van der Waals surface area contributed by atoms with E-state index in [-0.39, 0.29) is 5.78 Å². The molecule has 0 spiro atoms. The molecule has 0 heterocycles. The van der Waals surface area contributed by atoms with Crippen molar-refractivity contribution < 1.29 is 14.3 Å². The molecule has 86 valence electrons. The van der Waals surface area contributed by atoms with Crippen LogP contribution < -0.4 is 11.1 Å². The molecular formula is C10H18N2O3. The van der Waals surface area contributed by atoms with Gasteiger partial charge in [0.15, 0.2) is 11.4 Å². The number of hydrogen-bond acceptors (Lipinski definition) is 4. The molecule has 15 heavy (non-hydrogen) atoms. The summed E-state index contributed by atoms with van der Waals surface area (Å²) < 4.78 is 4.91. The zero-order valence-electron chi connectivity index (χ0n) is 9.37. The summed E-state index contributed by atoms with van der Waals surface area (Å²) in [6.45, 7) is 5.23. The van der Waals surface area contributed by atoms with Crippen LogP contribution >= 0.6 is 0 Å². The van der Waals surface area contributed by atoms with Crippen molar-refractivity contribution in [2.24, 2.45) is 5.73 Å². The number of nitrogens with two attached hydrogens (primary N) is 1. The van der Waals surface area contributed by atoms with Gasteiger partial charge < -0.3 is 15.8 Å². The molecular weight excluding hydrogens is 196 g/mol. The Balaban J connectivity index is 3.94. The normalized spacial score (nSPS) is 11.5. The lowest BCUT2D eigenvalue weighted by Gasteiger charge is -2.21. The minimum absolute atomic E-state index is 0.199. The maximum Gasteiger partial charge on any atom is 0.408 e. The number of carbonyl (C=O) groups excluding carboxylic acids is 2. The van der Waals surface area contributed by atoms with Gasteiger partial charge in [0, 0.05) is 13.1 Å². The summed E-state index contributed by atoms with van der Waals surface area (Å²) in [6, 6.07) is 0. The number of carbonyl (C=O) groups is 2. The van der Waals surface area contributed by atoms with Crippen LogP contribution in [0.2, 0.25) is 0 Å². The van der Waals surface area contributed by atoms with Crippen molar-refractivity contribution >= 4 is 11.9 Å². The molecule has 0 aromatic rings. The van der Waals surface area contributed by atoms with Crippen LogP contribution in [0.1, 0.15) is 20.8 Å². The van der Waals surface area contributed by atoms with Crippen LogP contribution in [0.15, 0.2) is 12.2 Å². The molecule has 5 heteroatoms. The first-order chi connectivity index (χ1) is 6.90. The van der Waals surface area contributed by atoms with Crippen LogP contribution in [0, 0.1) is 0 Å². The Hall–Kier alpha value is -1.36. The lowest BCUT2D eigenvalue weighted by atomic mass is 10.1. The van der Waals surface area contributed by atoms with Gasteiger partial charge in [0.05, 0.1) is 0 Å². The van der Waals surface area contributed by atoms with Gasteiger partial charge in [0.1, 0.15) is 0 Å². The Morgan fingerprint density at radius 2 is 2.00 bits per heavy atom. The molecule has 5 nitrogen and oxygen atoms in total. The summed E-state index contributed by atoms with van der Waals surface area (Å²) in [5.74, 6) is -0.199. The predicted octanol–water partition coefficient (Wildman–Crippen LogP) is 0.595. The fraction of sp³-hybridized carbons (Fsp3) is 0.600. The number of amides is 1. The average Bonchev–Trinajstić information content (AvgIpc) is 2.11. The summed E-state index contributed by atoms with van der Waals surface area (Å²) in [4.78, 5) is 22.2. The second-order valence-electron chi connectivity index (χ2n) is 3.54. The highest BCUT2D eigenvalue weighted by Gasteiger charge is 2.27. The van der Waals surface area contributed by atoms with Gasteiger partial charge in [-0.3, -0.25) is 4.79 Å². The standard InChI is InChI=1S/C10H18N2O3/c1-8(13)10(2,3)15-9(14)12-7-5-4-6-11/h4-5H,6-7,11H2,1-3H3,(H,12,14)/b5-4+. The van der Waals surface area contributed by atoms with Crippen LogP contribution in [0.4, 0.5) is 4.79 Å². The van der Waals surface area contributed by atoms with E-state index in [9.17, 15) is 9.59 Å². The Kier molecular flexibility index (Phi) is 5.62. The first kappa shape index (κ1) is 13.6. The van der Waals surface area contributed by atoms with Gasteiger partial charge in [-0.25, -0.2) is 4.79 Å². The zero-order valence-corrected chi connectivity index (χ0v) is 9.37. The molecule has 0 saturated carbocycles. The fourth-order valence-corrected chi connectivity index (χ4v) is 0.662. The Bertz CT molecular complexity index is 259. The largest absolute Gasteiger partial charge is 0.436 e. The number of ketones is 1. The molecule has 0 aromatic heterocycles. The van der Waals surface area contributed by atoms with Gasteiger partial charge >= 0.3 is 6.09 Å². The van der Waals surface area contributed by atoms with Crippen LogP contribution in [0.3, 0.4) is 0 Å². The van der Waals surface area contributed by atoms with E-state index >= 15 is 0 Å². The second-order valence-corrected chi connectivity index (χ2v) is 3.54. The highest BCUT2D eigenvalue weighted by molar-refractivity contribution is 5.86. The van der Waals surface area contributed by atoms with E-state index < -0.39 is 11.7 Å². The third-order valence-corrected chi connectivity index (χ3v) is 1.86. The molecule has 0 atom stereocenters. The molecule has 0 saturated heterocycles. The minimum Gasteiger partial charge on any atom is -0.436 e. The zero-order chi connectivity index (χ0) is 11.9. The molecule has 0 bridgehead atoms. The van der Waals surface area contributed by atoms with E-state index in [1.165, 1.54) is 6.92 Å². The van der Waals surface area contributed by atoms with Crippen molar-refractivity contribution in [1.29, 1.82) is 0 Å². The third kappa shape index (κ3) is 5.85. The summed E-state index contributed by atoms with van der Waals surface area (Å²) in [6.07, 6.45) is 2.81. The maximum atomic E-state index is 11.2. The molecule has 1 amide bonds. The molecule has 0 aliphatic carbocycles. The van der Waals surface area contributed by atoms with E-state index in [0.29, 0.717) is 13.1 Å². The molecule has 3 N–H and O–H groups in total. The van der Waals surface area contributed by atoms with Gasteiger partial charge in [-0.2, -0.15) is 0 Å². The minimum atomic E-state index is -1.08. The second kappa shape index (κ2) is 6.19. The summed E-state index contributed by atoms with van der Waals surface area (Å²) >= 11 is 0. The molecule has 0 aromatic carbocycles. The molecule has 0 rings (SSSR count). The number of alkyl carbamates (subject to hydrolysis) is 1. The van der Waals surface area contributed by atoms with Crippen LogP contribution in [0.5, 0.6) is 0 Å². The number of hydrogen-bond donors (Lipinski definition) is 2. The van der Waals surface area contributed by atoms with Crippen molar-refractivity contribution in [3.8, 4) is 0 Å². The van der Waals surface area contributed by atoms with E-state index in [1.807, 2.05) is 0 Å². The van der Waals surface area contributed by atoms with Gasteiger partial charge in [0.2, 0.25) is 0 Å². The number of Topliss-reactive ketones (excluding diaryl/α,β-unsaturated/α-hetero) is 1. The lowest BCUT2D eigenvalue weighted by molar-refractivity contribution is -0.132. The van der Waals surface area contributed by atoms with Crippen molar-refractivity contribution in [2.75, 3.05) is 13.1 Å². The maximum absolute atomic E-state index is 11.2. The smallest absolute Gasteiger partial charge is 0.408 e. The summed E-state index contributed by atoms with van der Waals surface area (Å²) in [7, 11) is 0. The highest BCUT2D eigenvalue weighted by atomic mass is 16.6. The number of ether oxygens (including phenoxy) is 1. The number of nitrogens with one attached hydrogen (secondary N) is 1. The van der Waals surface area contributed by atoms with Crippen LogP contribution in [-0.4, -0.2) is 30.6 Å².